The Morgan fingerprint density at radius 2 is 1.77 bits per heavy atom. The molecule has 1 aliphatic carbocycles. The molecular weight excluding hydrogens is 396 g/mol. The van der Waals surface area contributed by atoms with Gasteiger partial charge in [0.2, 0.25) is 0 Å². The topological polar surface area (TPSA) is 58.4 Å². The van der Waals surface area contributed by atoms with E-state index in [1.165, 1.54) is 40.7 Å². The number of fused-ring (bicyclic) bond motifs is 1. The number of hydrogen-bond donors (Lipinski definition) is 0. The summed E-state index contributed by atoms with van der Waals surface area (Å²) in [7, 11) is -1.93. The molecule has 2 aromatic rings. The van der Waals surface area contributed by atoms with Gasteiger partial charge < -0.3 is 4.57 Å². The quantitative estimate of drug-likeness (QED) is 0.620. The second-order valence-corrected chi connectivity index (χ2v) is 11.5. The smallest absolute Gasteiger partial charge is 0.303 e. The molecule has 7 heteroatoms. The Balaban J connectivity index is 2.06. The molecule has 0 radical (unpaired) electrons. The van der Waals surface area contributed by atoms with E-state index in [0.29, 0.717) is 24.7 Å². The summed E-state index contributed by atoms with van der Waals surface area (Å²) in [6, 6.07) is 5.92. The van der Waals surface area contributed by atoms with Gasteiger partial charge >= 0.3 is 10.2 Å². The fourth-order valence-corrected chi connectivity index (χ4v) is 5.84. The SMILES string of the molecule is CCN(C)S(=O)(=O)N(CC)c1ccc2c(c1)nc(C(C)(C)C)n2CC1CCCCC1. The maximum absolute atomic E-state index is 12.9. The van der Waals surface area contributed by atoms with E-state index in [-0.39, 0.29) is 5.41 Å². The molecule has 0 atom stereocenters. The highest BCUT2D eigenvalue weighted by Gasteiger charge is 2.28. The molecule has 168 valence electrons. The third-order valence-electron chi connectivity index (χ3n) is 6.26. The first kappa shape index (κ1) is 23.1. The first-order valence-corrected chi connectivity index (χ1v) is 12.7. The van der Waals surface area contributed by atoms with Crippen LogP contribution in [0.1, 0.15) is 72.5 Å². The van der Waals surface area contributed by atoms with Crippen molar-refractivity contribution in [1.82, 2.24) is 13.9 Å². The average molecular weight is 435 g/mol. The number of aromatic nitrogens is 2. The van der Waals surface area contributed by atoms with E-state index in [0.717, 1.165) is 23.4 Å². The standard InChI is InChI=1S/C23H38N4O2S/c1-7-25(6)30(28,29)27(8-2)19-14-15-21-20(16-19)24-22(23(3,4)5)26(21)17-18-12-10-9-11-13-18/h14-16,18H,7-13,17H2,1-6H3. The first-order chi connectivity index (χ1) is 14.1. The molecular formula is C23H38N4O2S. The Morgan fingerprint density at radius 3 is 2.33 bits per heavy atom. The fraction of sp³-hybridized carbons (Fsp3) is 0.696. The molecule has 1 saturated carbocycles. The minimum atomic E-state index is -3.55. The molecule has 0 N–H and O–H groups in total. The summed E-state index contributed by atoms with van der Waals surface area (Å²) in [5, 5.41) is 0. The Bertz CT molecular complexity index is 969. The molecule has 1 aromatic carbocycles. The third kappa shape index (κ3) is 4.52. The fourth-order valence-electron chi connectivity index (χ4n) is 4.47. The number of imidazole rings is 1. The lowest BCUT2D eigenvalue weighted by Gasteiger charge is -2.27. The lowest BCUT2D eigenvalue weighted by atomic mass is 9.88. The van der Waals surface area contributed by atoms with Gasteiger partial charge in [-0.1, -0.05) is 47.0 Å². The van der Waals surface area contributed by atoms with Gasteiger partial charge in [0.15, 0.2) is 0 Å². The van der Waals surface area contributed by atoms with Crippen LogP contribution >= 0.6 is 0 Å². The third-order valence-corrected chi connectivity index (χ3v) is 8.33. The van der Waals surface area contributed by atoms with Gasteiger partial charge in [-0.05, 0) is 43.9 Å². The van der Waals surface area contributed by atoms with Gasteiger partial charge in [-0.2, -0.15) is 12.7 Å². The van der Waals surface area contributed by atoms with Crippen LogP contribution in [0.5, 0.6) is 0 Å². The van der Waals surface area contributed by atoms with Crippen LogP contribution in [-0.2, 0) is 22.2 Å². The van der Waals surface area contributed by atoms with Crippen LogP contribution in [0.4, 0.5) is 5.69 Å². The van der Waals surface area contributed by atoms with Crippen LogP contribution in [-0.4, -0.2) is 42.4 Å². The zero-order valence-corrected chi connectivity index (χ0v) is 20.3. The van der Waals surface area contributed by atoms with Crippen molar-refractivity contribution in [2.24, 2.45) is 5.92 Å². The van der Waals surface area contributed by atoms with Crippen molar-refractivity contribution in [3.63, 3.8) is 0 Å². The molecule has 1 aromatic heterocycles. The minimum absolute atomic E-state index is 0.0766. The Kier molecular flexibility index (Phi) is 6.82. The minimum Gasteiger partial charge on any atom is -0.327 e. The van der Waals surface area contributed by atoms with Gasteiger partial charge in [0.1, 0.15) is 5.82 Å². The van der Waals surface area contributed by atoms with Gasteiger partial charge in [-0.25, -0.2) is 4.98 Å². The molecule has 0 amide bonds. The molecule has 1 heterocycles. The van der Waals surface area contributed by atoms with E-state index in [2.05, 4.69) is 31.4 Å². The summed E-state index contributed by atoms with van der Waals surface area (Å²) in [6.07, 6.45) is 6.56. The molecule has 0 unspecified atom stereocenters. The van der Waals surface area contributed by atoms with Crippen molar-refractivity contribution in [3.8, 4) is 0 Å². The maximum Gasteiger partial charge on any atom is 0.303 e. The predicted octanol–water partition coefficient (Wildman–Crippen LogP) is 4.94. The monoisotopic (exact) mass is 434 g/mol. The van der Waals surface area contributed by atoms with Crippen LogP contribution in [0.25, 0.3) is 11.0 Å². The first-order valence-electron chi connectivity index (χ1n) is 11.3. The van der Waals surface area contributed by atoms with Gasteiger partial charge in [-0.3, -0.25) is 4.31 Å². The summed E-state index contributed by atoms with van der Waals surface area (Å²) in [6.45, 7) is 12.1. The van der Waals surface area contributed by atoms with Crippen molar-refractivity contribution in [1.29, 1.82) is 0 Å². The van der Waals surface area contributed by atoms with Gasteiger partial charge in [0.25, 0.3) is 0 Å². The van der Waals surface area contributed by atoms with Crippen molar-refractivity contribution in [2.75, 3.05) is 24.4 Å². The lowest BCUT2D eigenvalue weighted by Crippen LogP contribution is -2.41. The van der Waals surface area contributed by atoms with Crippen molar-refractivity contribution >= 4 is 26.9 Å². The molecule has 0 saturated heterocycles. The molecule has 0 spiro atoms. The summed E-state index contributed by atoms with van der Waals surface area (Å²) in [4.78, 5) is 5.00. The molecule has 30 heavy (non-hydrogen) atoms. The van der Waals surface area contributed by atoms with Crippen molar-refractivity contribution < 1.29 is 8.42 Å². The maximum atomic E-state index is 12.9. The second-order valence-electron chi connectivity index (χ2n) is 9.56. The van der Waals surface area contributed by atoms with Gasteiger partial charge in [0, 0.05) is 32.1 Å². The van der Waals surface area contributed by atoms with Gasteiger partial charge in [-0.15, -0.1) is 0 Å². The van der Waals surface area contributed by atoms with Crippen LogP contribution in [0, 0.1) is 5.92 Å². The zero-order valence-electron chi connectivity index (χ0n) is 19.5. The summed E-state index contributed by atoms with van der Waals surface area (Å²) in [5.41, 5.74) is 2.58. The molecule has 3 rings (SSSR count). The molecule has 0 aliphatic heterocycles. The van der Waals surface area contributed by atoms with E-state index in [4.69, 9.17) is 4.98 Å². The van der Waals surface area contributed by atoms with Crippen LogP contribution in [0.15, 0.2) is 18.2 Å². The van der Waals surface area contributed by atoms with Crippen LogP contribution in [0.3, 0.4) is 0 Å². The number of hydrogen-bond acceptors (Lipinski definition) is 3. The van der Waals surface area contributed by atoms with E-state index < -0.39 is 10.2 Å². The molecule has 1 fully saturated rings. The average Bonchev–Trinajstić information content (AvgIpc) is 3.06. The molecule has 0 bridgehead atoms. The molecule has 1 aliphatic rings. The van der Waals surface area contributed by atoms with Crippen molar-refractivity contribution in [2.45, 2.75) is 78.7 Å². The Labute approximate surface area is 182 Å². The van der Waals surface area contributed by atoms with Crippen LogP contribution in [0.2, 0.25) is 0 Å². The predicted molar refractivity (Wildman–Crippen MR) is 125 cm³/mol. The van der Waals surface area contributed by atoms with Crippen molar-refractivity contribution in [3.05, 3.63) is 24.0 Å². The largest absolute Gasteiger partial charge is 0.327 e. The highest BCUT2D eigenvalue weighted by Crippen LogP contribution is 2.33. The number of anilines is 1. The molecule has 6 nitrogen and oxygen atoms in total. The van der Waals surface area contributed by atoms with Gasteiger partial charge in [0.05, 0.1) is 16.7 Å². The Morgan fingerprint density at radius 1 is 1.10 bits per heavy atom. The normalized spacial score (nSPS) is 16.5. The summed E-state index contributed by atoms with van der Waals surface area (Å²) >= 11 is 0. The van der Waals surface area contributed by atoms with Crippen LogP contribution < -0.4 is 4.31 Å². The lowest BCUT2D eigenvalue weighted by molar-refractivity contribution is 0.313. The Hall–Kier alpha value is -1.60. The number of nitrogens with zero attached hydrogens (tertiary/aromatic N) is 4. The highest BCUT2D eigenvalue weighted by atomic mass is 32.2. The number of rotatable bonds is 7. The zero-order chi connectivity index (χ0) is 22.1. The second kappa shape index (κ2) is 8.87. The summed E-state index contributed by atoms with van der Waals surface area (Å²) in [5.74, 6) is 1.78. The van der Waals surface area contributed by atoms with E-state index in [1.807, 2.05) is 26.0 Å². The summed E-state index contributed by atoms with van der Waals surface area (Å²) < 4.78 is 31.1. The highest BCUT2D eigenvalue weighted by molar-refractivity contribution is 7.90. The van der Waals surface area contributed by atoms with E-state index >= 15 is 0 Å². The van der Waals surface area contributed by atoms with E-state index in [9.17, 15) is 8.42 Å². The number of benzene rings is 1. The van der Waals surface area contributed by atoms with E-state index in [1.54, 1.807) is 7.05 Å².